The van der Waals surface area contributed by atoms with Gasteiger partial charge in [-0.25, -0.2) is 0 Å². The molecule has 0 saturated heterocycles. The molecule has 2 amide bonds. The zero-order valence-corrected chi connectivity index (χ0v) is 21.3. The molecule has 1 unspecified atom stereocenters. The lowest BCUT2D eigenvalue weighted by Gasteiger charge is -2.22. The van der Waals surface area contributed by atoms with Crippen molar-refractivity contribution in [3.05, 3.63) is 0 Å². The first-order valence-corrected chi connectivity index (χ1v) is 12.8. The lowest BCUT2D eigenvalue weighted by Crippen LogP contribution is -2.45. The van der Waals surface area contributed by atoms with Crippen LogP contribution in [0.4, 0.5) is 0 Å². The Balaban J connectivity index is 1.93. The number of hydrogen-bond acceptors (Lipinski definition) is 6. The van der Waals surface area contributed by atoms with E-state index in [1.54, 1.807) is 0 Å². The van der Waals surface area contributed by atoms with Crippen LogP contribution in [0.1, 0.15) is 85.0 Å². The number of fused-ring (bicyclic) bond motifs is 1. The SMILES string of the molecule is CC(=O)CCC(=O)[C@H](CCC(N)=O)NC(=O)[C@@H](CC(=O)OCC1[C@H]2CCC#CCC[C@@H]12)CC(C)C. The minimum atomic E-state index is -0.926. The van der Waals surface area contributed by atoms with Gasteiger partial charge in [0.2, 0.25) is 11.8 Å². The molecule has 0 heterocycles. The molecule has 1 fully saturated rings. The third kappa shape index (κ3) is 10.2. The fourth-order valence-electron chi connectivity index (χ4n) is 4.95. The number of esters is 1. The molecule has 8 heteroatoms. The van der Waals surface area contributed by atoms with Gasteiger partial charge in [0.15, 0.2) is 5.78 Å². The second kappa shape index (κ2) is 14.0. The molecule has 0 aromatic heterocycles. The molecule has 0 radical (unpaired) electrons. The predicted octanol–water partition coefficient (Wildman–Crippen LogP) is 2.71. The number of amides is 2. The summed E-state index contributed by atoms with van der Waals surface area (Å²) in [5.74, 6) is 5.46. The molecule has 2 aliphatic carbocycles. The third-order valence-electron chi connectivity index (χ3n) is 6.92. The Morgan fingerprint density at radius 1 is 1.00 bits per heavy atom. The van der Waals surface area contributed by atoms with Crippen LogP contribution in [0.3, 0.4) is 0 Å². The minimum absolute atomic E-state index is 0.0231. The summed E-state index contributed by atoms with van der Waals surface area (Å²) in [6.07, 6.45) is 4.30. The molecular weight excluding hydrogens is 448 g/mol. The first-order valence-electron chi connectivity index (χ1n) is 12.8. The van der Waals surface area contributed by atoms with Crippen LogP contribution in [-0.4, -0.2) is 42.0 Å². The maximum Gasteiger partial charge on any atom is 0.306 e. The Morgan fingerprint density at radius 2 is 1.63 bits per heavy atom. The van der Waals surface area contributed by atoms with Crippen LogP contribution in [0.25, 0.3) is 0 Å². The van der Waals surface area contributed by atoms with Crippen LogP contribution in [-0.2, 0) is 28.7 Å². The van der Waals surface area contributed by atoms with Crippen LogP contribution in [0, 0.1) is 41.4 Å². The number of ether oxygens (including phenoxy) is 1. The van der Waals surface area contributed by atoms with E-state index in [1.165, 1.54) is 6.92 Å². The highest BCUT2D eigenvalue weighted by Crippen LogP contribution is 2.52. The quantitative estimate of drug-likeness (QED) is 0.269. The lowest BCUT2D eigenvalue weighted by atomic mass is 9.92. The average Bonchev–Trinajstić information content (AvgIpc) is 3.41. The largest absolute Gasteiger partial charge is 0.465 e. The zero-order valence-electron chi connectivity index (χ0n) is 21.3. The molecule has 0 bridgehead atoms. The summed E-state index contributed by atoms with van der Waals surface area (Å²) in [6, 6.07) is -0.926. The fraction of sp³-hybridized carbons (Fsp3) is 0.741. The summed E-state index contributed by atoms with van der Waals surface area (Å²) in [7, 11) is 0. The van der Waals surface area contributed by atoms with E-state index in [1.807, 2.05) is 13.8 Å². The number of nitrogens with two attached hydrogens (primary N) is 1. The topological polar surface area (TPSA) is 133 Å². The van der Waals surface area contributed by atoms with Crippen molar-refractivity contribution >= 4 is 29.4 Å². The van der Waals surface area contributed by atoms with Crippen LogP contribution >= 0.6 is 0 Å². The van der Waals surface area contributed by atoms with E-state index in [4.69, 9.17) is 10.5 Å². The van der Waals surface area contributed by atoms with Crippen LogP contribution < -0.4 is 11.1 Å². The number of hydrogen-bond donors (Lipinski definition) is 2. The van der Waals surface area contributed by atoms with E-state index in [0.29, 0.717) is 30.8 Å². The van der Waals surface area contributed by atoms with E-state index in [9.17, 15) is 24.0 Å². The third-order valence-corrected chi connectivity index (χ3v) is 6.92. The summed E-state index contributed by atoms with van der Waals surface area (Å²) in [5.41, 5.74) is 5.22. The number of carbonyl (C=O) groups excluding carboxylic acids is 5. The summed E-state index contributed by atoms with van der Waals surface area (Å²) >= 11 is 0. The molecule has 0 aliphatic heterocycles. The normalized spacial score (nSPS) is 22.3. The lowest BCUT2D eigenvalue weighted by molar-refractivity contribution is -0.148. The van der Waals surface area contributed by atoms with Crippen molar-refractivity contribution in [2.24, 2.45) is 35.3 Å². The van der Waals surface area contributed by atoms with E-state index in [2.05, 4.69) is 17.2 Å². The van der Waals surface area contributed by atoms with E-state index in [0.717, 1.165) is 25.7 Å². The smallest absolute Gasteiger partial charge is 0.306 e. The molecule has 2 rings (SSSR count). The van der Waals surface area contributed by atoms with E-state index in [-0.39, 0.29) is 49.6 Å². The van der Waals surface area contributed by atoms with Crippen molar-refractivity contribution in [3.63, 3.8) is 0 Å². The number of ketones is 2. The predicted molar refractivity (Wildman–Crippen MR) is 131 cm³/mol. The van der Waals surface area contributed by atoms with Crippen LogP contribution in [0.5, 0.6) is 0 Å². The Labute approximate surface area is 208 Å². The van der Waals surface area contributed by atoms with Gasteiger partial charge >= 0.3 is 5.97 Å². The van der Waals surface area contributed by atoms with Crippen molar-refractivity contribution < 1.29 is 28.7 Å². The zero-order chi connectivity index (χ0) is 26.0. The Kier molecular flexibility index (Phi) is 11.4. The minimum Gasteiger partial charge on any atom is -0.465 e. The summed E-state index contributed by atoms with van der Waals surface area (Å²) < 4.78 is 5.57. The second-order valence-electron chi connectivity index (χ2n) is 10.4. The summed E-state index contributed by atoms with van der Waals surface area (Å²) in [5, 5.41) is 2.71. The molecule has 1 saturated carbocycles. The molecule has 0 spiro atoms. The second-order valence-corrected chi connectivity index (χ2v) is 10.4. The molecule has 35 heavy (non-hydrogen) atoms. The van der Waals surface area contributed by atoms with E-state index >= 15 is 0 Å². The van der Waals surface area contributed by atoms with Crippen molar-refractivity contribution in [1.82, 2.24) is 5.32 Å². The van der Waals surface area contributed by atoms with Crippen molar-refractivity contribution in [3.8, 4) is 11.8 Å². The van der Waals surface area contributed by atoms with Crippen molar-refractivity contribution in [2.75, 3.05) is 6.61 Å². The van der Waals surface area contributed by atoms with Gasteiger partial charge in [0.1, 0.15) is 5.78 Å². The summed E-state index contributed by atoms with van der Waals surface area (Å²) in [4.78, 5) is 60.8. The number of nitrogens with one attached hydrogen (secondary N) is 1. The van der Waals surface area contributed by atoms with Crippen molar-refractivity contribution in [2.45, 2.75) is 91.0 Å². The number of primary amides is 1. The van der Waals surface area contributed by atoms with Crippen LogP contribution in [0.2, 0.25) is 0 Å². The maximum absolute atomic E-state index is 13.1. The molecule has 5 atom stereocenters. The van der Waals surface area contributed by atoms with Gasteiger partial charge in [-0.1, -0.05) is 13.8 Å². The molecule has 0 aromatic rings. The Morgan fingerprint density at radius 3 is 2.17 bits per heavy atom. The monoisotopic (exact) mass is 488 g/mol. The Hall–Kier alpha value is -2.69. The van der Waals surface area contributed by atoms with Gasteiger partial charge in [0.25, 0.3) is 0 Å². The van der Waals surface area contributed by atoms with E-state index < -0.39 is 29.7 Å². The van der Waals surface area contributed by atoms with Crippen LogP contribution in [0.15, 0.2) is 0 Å². The Bertz CT molecular complexity index is 837. The highest BCUT2D eigenvalue weighted by molar-refractivity contribution is 5.93. The van der Waals surface area contributed by atoms with Gasteiger partial charge in [-0.2, -0.15) is 0 Å². The molecule has 2 aliphatic rings. The summed E-state index contributed by atoms with van der Waals surface area (Å²) in [6.45, 7) is 5.67. The number of Topliss-reactive ketones (excluding diaryl/α,β-unsaturated/α-hetero) is 2. The highest BCUT2D eigenvalue weighted by Gasteiger charge is 2.49. The van der Waals surface area contributed by atoms with Gasteiger partial charge in [0, 0.05) is 38.0 Å². The first kappa shape index (κ1) is 28.5. The highest BCUT2D eigenvalue weighted by atomic mass is 16.5. The van der Waals surface area contributed by atoms with Gasteiger partial charge < -0.3 is 20.6 Å². The van der Waals surface area contributed by atoms with Gasteiger partial charge in [-0.05, 0) is 56.3 Å². The van der Waals surface area contributed by atoms with Gasteiger partial charge in [0.05, 0.1) is 19.1 Å². The van der Waals surface area contributed by atoms with Gasteiger partial charge in [-0.3, -0.25) is 19.2 Å². The maximum atomic E-state index is 13.1. The molecular formula is C27H40N2O6. The van der Waals surface area contributed by atoms with Gasteiger partial charge in [-0.15, -0.1) is 11.8 Å². The molecule has 0 aromatic carbocycles. The molecule has 3 N–H and O–H groups in total. The fourth-order valence-corrected chi connectivity index (χ4v) is 4.95. The number of carbonyl (C=O) groups is 5. The van der Waals surface area contributed by atoms with Crippen molar-refractivity contribution in [1.29, 1.82) is 0 Å². The standard InChI is InChI=1S/C27H40N2O6/c1-17(2)14-19(15-26(33)35-16-22-20-8-6-4-5-7-9-21(20)22)27(34)29-23(11-13-25(28)32)24(31)12-10-18(3)30/h17,19-23H,6-16H2,1-3H3,(H2,28,32)(H,29,34)/t19-,20-,21+,22?,23+/m1/s1. The average molecular weight is 489 g/mol. The molecule has 194 valence electrons. The first-order chi connectivity index (χ1) is 16.6. The number of rotatable bonds is 15. The molecule has 8 nitrogen and oxygen atoms in total.